The van der Waals surface area contributed by atoms with Gasteiger partial charge in [0.1, 0.15) is 0 Å². The van der Waals surface area contributed by atoms with Gasteiger partial charge < -0.3 is 15.2 Å². The Kier molecular flexibility index (Phi) is 5.84. The van der Waals surface area contributed by atoms with Gasteiger partial charge in [-0.3, -0.25) is 9.59 Å². The van der Waals surface area contributed by atoms with Crippen molar-refractivity contribution in [2.45, 2.75) is 20.8 Å². The van der Waals surface area contributed by atoms with Crippen molar-refractivity contribution in [3.63, 3.8) is 0 Å². The highest BCUT2D eigenvalue weighted by Gasteiger charge is 2.15. The number of para-hydroxylation sites is 1. The maximum atomic E-state index is 12.6. The highest BCUT2D eigenvalue weighted by molar-refractivity contribution is 6.09. The van der Waals surface area contributed by atoms with Crippen LogP contribution >= 0.6 is 0 Å². The molecule has 1 aromatic heterocycles. The number of hydrogen-bond acceptors (Lipinski definition) is 5. The van der Waals surface area contributed by atoms with Crippen LogP contribution in [0.1, 0.15) is 40.4 Å². The van der Waals surface area contributed by atoms with E-state index in [-0.39, 0.29) is 11.8 Å². The monoisotopic (exact) mass is 378 g/mol. The van der Waals surface area contributed by atoms with Gasteiger partial charge in [-0.05, 0) is 49.2 Å². The fourth-order valence-electron chi connectivity index (χ4n) is 2.56. The van der Waals surface area contributed by atoms with Gasteiger partial charge in [0.25, 0.3) is 17.7 Å². The third-order valence-corrected chi connectivity index (χ3v) is 4.01. The second-order valence-corrected chi connectivity index (χ2v) is 6.83. The van der Waals surface area contributed by atoms with Gasteiger partial charge >= 0.3 is 0 Å². The van der Waals surface area contributed by atoms with E-state index in [1.165, 1.54) is 0 Å². The normalized spacial score (nSPS) is 10.7. The maximum Gasteiger partial charge on any atom is 0.257 e. The van der Waals surface area contributed by atoms with Crippen LogP contribution < -0.4 is 10.6 Å². The van der Waals surface area contributed by atoms with Crippen molar-refractivity contribution in [3.05, 3.63) is 65.5 Å². The van der Waals surface area contributed by atoms with Crippen LogP contribution in [0.3, 0.4) is 0 Å². The van der Waals surface area contributed by atoms with Crippen molar-refractivity contribution in [3.8, 4) is 11.5 Å². The second kappa shape index (κ2) is 8.47. The molecule has 0 radical (unpaired) electrons. The maximum absolute atomic E-state index is 12.6. The minimum atomic E-state index is -0.308. The van der Waals surface area contributed by atoms with Gasteiger partial charge in [-0.1, -0.05) is 31.1 Å². The fraction of sp³-hybridized carbons (Fsp3) is 0.238. The summed E-state index contributed by atoms with van der Waals surface area (Å²) in [7, 11) is 0. The molecule has 0 fully saturated rings. The molecule has 2 N–H and O–H groups in total. The molecule has 7 nitrogen and oxygen atoms in total. The standard InChI is InChI=1S/C21H22N4O3/c1-13(2)12-22-20(27)17-6-4-5-7-18(17)24-19(26)15-8-10-16(11-9-15)21-23-14(3)25-28-21/h4-11,13H,12H2,1-3H3,(H,22,27)(H,24,26). The molecular weight excluding hydrogens is 356 g/mol. The van der Waals surface area contributed by atoms with Gasteiger partial charge in [0.05, 0.1) is 11.3 Å². The second-order valence-electron chi connectivity index (χ2n) is 6.83. The molecule has 0 aliphatic carbocycles. The third-order valence-electron chi connectivity index (χ3n) is 4.01. The quantitative estimate of drug-likeness (QED) is 0.682. The van der Waals surface area contributed by atoms with E-state index < -0.39 is 0 Å². The lowest BCUT2D eigenvalue weighted by Gasteiger charge is -2.12. The van der Waals surface area contributed by atoms with Gasteiger partial charge in [0, 0.05) is 17.7 Å². The van der Waals surface area contributed by atoms with Crippen molar-refractivity contribution in [1.29, 1.82) is 0 Å². The first-order chi connectivity index (χ1) is 13.4. The minimum Gasteiger partial charge on any atom is -0.352 e. The Hall–Kier alpha value is -3.48. The lowest BCUT2D eigenvalue weighted by atomic mass is 10.1. The molecule has 0 bridgehead atoms. The first-order valence-corrected chi connectivity index (χ1v) is 9.03. The highest BCUT2D eigenvalue weighted by atomic mass is 16.5. The summed E-state index contributed by atoms with van der Waals surface area (Å²) in [5.41, 5.74) is 2.07. The number of amides is 2. The SMILES string of the molecule is Cc1noc(-c2ccc(C(=O)Nc3ccccc3C(=O)NCC(C)C)cc2)n1. The summed E-state index contributed by atoms with van der Waals surface area (Å²) in [6, 6.07) is 13.8. The zero-order valence-corrected chi connectivity index (χ0v) is 16.0. The molecule has 3 rings (SSSR count). The molecule has 0 atom stereocenters. The van der Waals surface area contributed by atoms with Crippen molar-refractivity contribution in [2.75, 3.05) is 11.9 Å². The van der Waals surface area contributed by atoms with Crippen LogP contribution in [-0.4, -0.2) is 28.5 Å². The molecule has 0 aliphatic heterocycles. The Morgan fingerprint density at radius 1 is 1.04 bits per heavy atom. The van der Waals surface area contributed by atoms with Crippen LogP contribution in [0.25, 0.3) is 11.5 Å². The van der Waals surface area contributed by atoms with Crippen LogP contribution in [0.15, 0.2) is 53.1 Å². The molecule has 1 heterocycles. The minimum absolute atomic E-state index is 0.216. The number of hydrogen-bond donors (Lipinski definition) is 2. The average Bonchev–Trinajstić information content (AvgIpc) is 3.13. The molecule has 2 amide bonds. The lowest BCUT2D eigenvalue weighted by Crippen LogP contribution is -2.28. The number of nitrogens with zero attached hydrogens (tertiary/aromatic N) is 2. The molecular formula is C21H22N4O3. The summed E-state index contributed by atoms with van der Waals surface area (Å²) in [6.07, 6.45) is 0. The smallest absolute Gasteiger partial charge is 0.257 e. The van der Waals surface area contributed by atoms with Gasteiger partial charge in [-0.25, -0.2) is 0 Å². The highest BCUT2D eigenvalue weighted by Crippen LogP contribution is 2.20. The Labute approximate surface area is 163 Å². The molecule has 7 heteroatoms. The number of nitrogens with one attached hydrogen (secondary N) is 2. The van der Waals surface area contributed by atoms with Crippen LogP contribution in [0.5, 0.6) is 0 Å². The third kappa shape index (κ3) is 4.62. The van der Waals surface area contributed by atoms with Gasteiger partial charge in [-0.15, -0.1) is 0 Å². The number of aromatic nitrogens is 2. The first-order valence-electron chi connectivity index (χ1n) is 9.03. The Morgan fingerprint density at radius 2 is 1.75 bits per heavy atom. The van der Waals surface area contributed by atoms with E-state index in [1.54, 1.807) is 55.5 Å². The predicted molar refractivity (Wildman–Crippen MR) is 106 cm³/mol. The van der Waals surface area contributed by atoms with E-state index in [0.29, 0.717) is 41.0 Å². The van der Waals surface area contributed by atoms with Crippen molar-refractivity contribution < 1.29 is 14.1 Å². The number of anilines is 1. The molecule has 3 aromatic rings. The molecule has 144 valence electrons. The van der Waals surface area contributed by atoms with Gasteiger partial charge in [-0.2, -0.15) is 4.98 Å². The number of carbonyl (C=O) groups is 2. The summed E-state index contributed by atoms with van der Waals surface area (Å²) >= 11 is 0. The molecule has 0 spiro atoms. The summed E-state index contributed by atoms with van der Waals surface area (Å²) in [6.45, 7) is 6.35. The molecule has 0 aliphatic rings. The summed E-state index contributed by atoms with van der Waals surface area (Å²) in [5, 5.41) is 9.43. The van der Waals surface area contributed by atoms with Gasteiger partial charge in [0.15, 0.2) is 5.82 Å². The predicted octanol–water partition coefficient (Wildman–Crippen LogP) is 3.68. The van der Waals surface area contributed by atoms with E-state index in [2.05, 4.69) is 20.8 Å². The van der Waals surface area contributed by atoms with Crippen LogP contribution in [0, 0.1) is 12.8 Å². The summed E-state index contributed by atoms with van der Waals surface area (Å²) < 4.78 is 5.12. The van der Waals surface area contributed by atoms with Gasteiger partial charge in [0.2, 0.25) is 0 Å². The Bertz CT molecular complexity index is 977. The zero-order chi connectivity index (χ0) is 20.1. The van der Waals surface area contributed by atoms with E-state index >= 15 is 0 Å². The van der Waals surface area contributed by atoms with E-state index in [0.717, 1.165) is 5.56 Å². The van der Waals surface area contributed by atoms with Crippen LogP contribution in [-0.2, 0) is 0 Å². The number of aryl methyl sites for hydroxylation is 1. The summed E-state index contributed by atoms with van der Waals surface area (Å²) in [5.74, 6) is 0.761. The number of benzene rings is 2. The Balaban J connectivity index is 1.73. The largest absolute Gasteiger partial charge is 0.352 e. The molecule has 0 saturated heterocycles. The van der Waals surface area contributed by atoms with Crippen molar-refractivity contribution in [2.24, 2.45) is 5.92 Å². The Morgan fingerprint density at radius 3 is 2.39 bits per heavy atom. The van der Waals surface area contributed by atoms with Crippen LogP contribution in [0.4, 0.5) is 5.69 Å². The molecule has 0 unspecified atom stereocenters. The zero-order valence-electron chi connectivity index (χ0n) is 16.0. The molecule has 0 saturated carbocycles. The average molecular weight is 378 g/mol. The molecule has 28 heavy (non-hydrogen) atoms. The summed E-state index contributed by atoms with van der Waals surface area (Å²) in [4.78, 5) is 29.2. The van der Waals surface area contributed by atoms with Crippen LogP contribution in [0.2, 0.25) is 0 Å². The molecule has 2 aromatic carbocycles. The van der Waals surface area contributed by atoms with Crippen molar-refractivity contribution >= 4 is 17.5 Å². The number of rotatable bonds is 6. The fourth-order valence-corrected chi connectivity index (χ4v) is 2.56. The van der Waals surface area contributed by atoms with E-state index in [9.17, 15) is 9.59 Å². The first kappa shape index (κ1) is 19.3. The van der Waals surface area contributed by atoms with E-state index in [1.807, 2.05) is 13.8 Å². The topological polar surface area (TPSA) is 97.1 Å². The van der Waals surface area contributed by atoms with E-state index in [4.69, 9.17) is 4.52 Å². The van der Waals surface area contributed by atoms with Crippen molar-refractivity contribution in [1.82, 2.24) is 15.5 Å². The number of carbonyl (C=O) groups excluding carboxylic acids is 2. The lowest BCUT2D eigenvalue weighted by molar-refractivity contribution is 0.0950.